The van der Waals surface area contributed by atoms with Crippen LogP contribution in [0.2, 0.25) is 5.02 Å². The first-order chi connectivity index (χ1) is 9.24. The predicted octanol–water partition coefficient (Wildman–Crippen LogP) is 3.84. The Labute approximate surface area is 121 Å². The lowest BCUT2D eigenvalue weighted by Gasteiger charge is -2.17. The van der Waals surface area contributed by atoms with Crippen LogP contribution in [0, 0.1) is 5.92 Å². The molecule has 1 N–H and O–H groups in total. The molecule has 2 nitrogen and oxygen atoms in total. The molecule has 0 radical (unpaired) electrons. The molecule has 1 aliphatic heterocycles. The third-order valence-corrected chi connectivity index (χ3v) is 3.99. The Hall–Kier alpha value is -0.730. The zero-order chi connectivity index (χ0) is 13.7. The molecule has 1 aromatic rings. The van der Waals surface area contributed by atoms with Crippen LogP contribution < -0.4 is 10.1 Å². The summed E-state index contributed by atoms with van der Waals surface area (Å²) in [6.07, 6.45) is 4.41. The van der Waals surface area contributed by atoms with Gasteiger partial charge in [0.25, 0.3) is 0 Å². The Morgan fingerprint density at radius 1 is 1.37 bits per heavy atom. The van der Waals surface area contributed by atoms with Gasteiger partial charge in [-0.15, -0.1) is 0 Å². The normalized spacial score (nSPS) is 15.1. The average molecular weight is 282 g/mol. The number of ether oxygens (including phenoxy) is 1. The van der Waals surface area contributed by atoms with Crippen molar-refractivity contribution in [1.82, 2.24) is 5.32 Å². The van der Waals surface area contributed by atoms with E-state index in [0.717, 1.165) is 43.3 Å². The Kier molecular flexibility index (Phi) is 5.53. The van der Waals surface area contributed by atoms with Crippen molar-refractivity contribution in [3.63, 3.8) is 0 Å². The maximum Gasteiger partial charge on any atom is 0.125 e. The van der Waals surface area contributed by atoms with Gasteiger partial charge in [-0.2, -0.15) is 0 Å². The highest BCUT2D eigenvalue weighted by molar-refractivity contribution is 6.30. The lowest BCUT2D eigenvalue weighted by molar-refractivity contribution is 0.349. The van der Waals surface area contributed by atoms with E-state index in [1.54, 1.807) is 0 Å². The number of rotatable bonds is 7. The molecule has 0 aliphatic carbocycles. The van der Waals surface area contributed by atoms with E-state index in [0.29, 0.717) is 5.92 Å². The molecular formula is C16H24ClNO. The summed E-state index contributed by atoms with van der Waals surface area (Å²) in [6.45, 7) is 7.43. The lowest BCUT2D eigenvalue weighted by atomic mass is 9.94. The molecule has 0 saturated carbocycles. The first-order valence-corrected chi connectivity index (χ1v) is 7.77. The molecule has 0 saturated heterocycles. The standard InChI is InChI=1S/C16H24ClNO/c1-3-6-18-11-12(4-2)8-14-10-15(17)9-13-5-7-19-16(13)14/h9-10,12,18H,3-8,11H2,1-2H3. The minimum Gasteiger partial charge on any atom is -0.493 e. The van der Waals surface area contributed by atoms with Crippen LogP contribution in [-0.4, -0.2) is 19.7 Å². The fourth-order valence-corrected chi connectivity index (χ4v) is 2.92. The van der Waals surface area contributed by atoms with Gasteiger partial charge in [0, 0.05) is 11.4 Å². The van der Waals surface area contributed by atoms with Gasteiger partial charge in [-0.05, 0) is 55.1 Å². The maximum atomic E-state index is 6.21. The summed E-state index contributed by atoms with van der Waals surface area (Å²) < 4.78 is 5.78. The topological polar surface area (TPSA) is 21.3 Å². The summed E-state index contributed by atoms with van der Waals surface area (Å²) in [5.74, 6) is 1.75. The van der Waals surface area contributed by atoms with Gasteiger partial charge in [0.05, 0.1) is 6.61 Å². The van der Waals surface area contributed by atoms with Crippen molar-refractivity contribution in [2.75, 3.05) is 19.7 Å². The molecule has 0 aromatic heterocycles. The van der Waals surface area contributed by atoms with E-state index < -0.39 is 0 Å². The molecule has 2 rings (SSSR count). The highest BCUT2D eigenvalue weighted by atomic mass is 35.5. The monoisotopic (exact) mass is 281 g/mol. The van der Waals surface area contributed by atoms with Gasteiger partial charge >= 0.3 is 0 Å². The molecule has 106 valence electrons. The van der Waals surface area contributed by atoms with Crippen LogP contribution in [0.5, 0.6) is 5.75 Å². The van der Waals surface area contributed by atoms with E-state index in [2.05, 4.69) is 25.2 Å². The van der Waals surface area contributed by atoms with Gasteiger partial charge < -0.3 is 10.1 Å². The van der Waals surface area contributed by atoms with E-state index in [1.807, 2.05) is 6.07 Å². The van der Waals surface area contributed by atoms with E-state index in [9.17, 15) is 0 Å². The van der Waals surface area contributed by atoms with Crippen molar-refractivity contribution in [2.24, 2.45) is 5.92 Å². The van der Waals surface area contributed by atoms with Crippen LogP contribution in [-0.2, 0) is 12.8 Å². The number of nitrogens with one attached hydrogen (secondary N) is 1. The van der Waals surface area contributed by atoms with E-state index in [1.165, 1.54) is 24.0 Å². The summed E-state index contributed by atoms with van der Waals surface area (Å²) in [6, 6.07) is 4.12. The Balaban J connectivity index is 2.05. The van der Waals surface area contributed by atoms with E-state index in [4.69, 9.17) is 16.3 Å². The van der Waals surface area contributed by atoms with Gasteiger partial charge in [-0.1, -0.05) is 31.9 Å². The molecule has 0 fully saturated rings. The molecule has 0 amide bonds. The van der Waals surface area contributed by atoms with E-state index in [-0.39, 0.29) is 0 Å². The minimum absolute atomic E-state index is 0.651. The first kappa shape index (κ1) is 14.7. The quantitative estimate of drug-likeness (QED) is 0.767. The van der Waals surface area contributed by atoms with Crippen LogP contribution in [0.3, 0.4) is 0 Å². The molecule has 1 aliphatic rings. The second-order valence-electron chi connectivity index (χ2n) is 5.33. The highest BCUT2D eigenvalue weighted by Crippen LogP contribution is 2.34. The summed E-state index contributed by atoms with van der Waals surface area (Å²) in [5, 5.41) is 4.36. The zero-order valence-corrected chi connectivity index (χ0v) is 12.7. The van der Waals surface area contributed by atoms with Crippen molar-refractivity contribution >= 4 is 11.6 Å². The molecule has 1 aromatic carbocycles. The summed E-state index contributed by atoms with van der Waals surface area (Å²) in [7, 11) is 0. The summed E-state index contributed by atoms with van der Waals surface area (Å²) in [5.41, 5.74) is 2.56. The average Bonchev–Trinajstić information content (AvgIpc) is 2.85. The van der Waals surface area contributed by atoms with Crippen LogP contribution in [0.25, 0.3) is 0 Å². The molecule has 1 atom stereocenters. The SMILES string of the molecule is CCCNCC(CC)Cc1cc(Cl)cc2c1OCC2. The summed E-state index contributed by atoms with van der Waals surface area (Å²) >= 11 is 6.21. The Morgan fingerprint density at radius 2 is 2.21 bits per heavy atom. The smallest absolute Gasteiger partial charge is 0.125 e. The van der Waals surface area contributed by atoms with Gasteiger partial charge in [-0.3, -0.25) is 0 Å². The second kappa shape index (κ2) is 7.16. The van der Waals surface area contributed by atoms with Crippen LogP contribution in [0.15, 0.2) is 12.1 Å². The summed E-state index contributed by atoms with van der Waals surface area (Å²) in [4.78, 5) is 0. The van der Waals surface area contributed by atoms with Gasteiger partial charge in [-0.25, -0.2) is 0 Å². The number of halogens is 1. The molecule has 0 spiro atoms. The number of hydrogen-bond donors (Lipinski definition) is 1. The number of benzene rings is 1. The van der Waals surface area contributed by atoms with Crippen molar-refractivity contribution in [2.45, 2.75) is 39.5 Å². The molecule has 0 bridgehead atoms. The van der Waals surface area contributed by atoms with E-state index >= 15 is 0 Å². The van der Waals surface area contributed by atoms with Crippen molar-refractivity contribution in [3.8, 4) is 5.75 Å². The van der Waals surface area contributed by atoms with Crippen molar-refractivity contribution in [1.29, 1.82) is 0 Å². The molecular weight excluding hydrogens is 258 g/mol. The van der Waals surface area contributed by atoms with Crippen LogP contribution in [0.4, 0.5) is 0 Å². The largest absolute Gasteiger partial charge is 0.493 e. The second-order valence-corrected chi connectivity index (χ2v) is 5.77. The van der Waals surface area contributed by atoms with Gasteiger partial charge in [0.1, 0.15) is 5.75 Å². The predicted molar refractivity (Wildman–Crippen MR) is 81.3 cm³/mol. The third-order valence-electron chi connectivity index (χ3n) is 3.77. The van der Waals surface area contributed by atoms with Crippen molar-refractivity contribution < 1.29 is 4.74 Å². The van der Waals surface area contributed by atoms with Gasteiger partial charge in [0.2, 0.25) is 0 Å². The third kappa shape index (κ3) is 3.87. The number of fused-ring (bicyclic) bond motifs is 1. The molecule has 1 heterocycles. The van der Waals surface area contributed by atoms with Gasteiger partial charge in [0.15, 0.2) is 0 Å². The first-order valence-electron chi connectivity index (χ1n) is 7.39. The molecule has 1 unspecified atom stereocenters. The molecule has 19 heavy (non-hydrogen) atoms. The fraction of sp³-hybridized carbons (Fsp3) is 0.625. The number of hydrogen-bond acceptors (Lipinski definition) is 2. The lowest BCUT2D eigenvalue weighted by Crippen LogP contribution is -2.24. The highest BCUT2D eigenvalue weighted by Gasteiger charge is 2.19. The van der Waals surface area contributed by atoms with Crippen LogP contribution >= 0.6 is 11.6 Å². The van der Waals surface area contributed by atoms with Crippen molar-refractivity contribution in [3.05, 3.63) is 28.3 Å². The Morgan fingerprint density at radius 3 is 2.95 bits per heavy atom. The fourth-order valence-electron chi connectivity index (χ4n) is 2.65. The minimum atomic E-state index is 0.651. The van der Waals surface area contributed by atoms with Crippen LogP contribution in [0.1, 0.15) is 37.8 Å². The molecule has 3 heteroatoms. The Bertz CT molecular complexity index is 419. The zero-order valence-electron chi connectivity index (χ0n) is 12.0. The maximum absolute atomic E-state index is 6.21.